The molecule has 22 heavy (non-hydrogen) atoms. The van der Waals surface area contributed by atoms with Gasteiger partial charge in [0.15, 0.2) is 0 Å². The van der Waals surface area contributed by atoms with E-state index < -0.39 is 12.1 Å². The van der Waals surface area contributed by atoms with Gasteiger partial charge in [0.05, 0.1) is 0 Å². The van der Waals surface area contributed by atoms with Crippen LogP contribution in [0.3, 0.4) is 0 Å². The van der Waals surface area contributed by atoms with Crippen LogP contribution in [0, 0.1) is 12.8 Å². The second-order valence-corrected chi connectivity index (χ2v) is 6.56. The quantitative estimate of drug-likeness (QED) is 0.754. The average Bonchev–Trinajstić information content (AvgIpc) is 2.53. The number of carbonyl (C=O) groups excluding carboxylic acids is 1. The number of rotatable bonds is 6. The molecule has 0 saturated heterocycles. The first kappa shape index (κ1) is 17.0. The van der Waals surface area contributed by atoms with Gasteiger partial charge in [0, 0.05) is 12.6 Å². The van der Waals surface area contributed by atoms with Crippen LogP contribution >= 0.6 is 0 Å². The number of amides is 1. The molecule has 0 aliphatic heterocycles. The van der Waals surface area contributed by atoms with Gasteiger partial charge in [-0.25, -0.2) is 0 Å². The Kier molecular flexibility index (Phi) is 6.40. The Morgan fingerprint density at radius 2 is 2.09 bits per heavy atom. The summed E-state index contributed by atoms with van der Waals surface area (Å²) in [6, 6.07) is 7.49. The molecule has 2 rings (SSSR count). The summed E-state index contributed by atoms with van der Waals surface area (Å²) in [5.74, 6) is 0.188. The summed E-state index contributed by atoms with van der Waals surface area (Å²) in [7, 11) is 0. The van der Waals surface area contributed by atoms with Crippen molar-refractivity contribution in [1.29, 1.82) is 0 Å². The third kappa shape index (κ3) is 5.11. The van der Waals surface area contributed by atoms with Crippen molar-refractivity contribution in [1.82, 2.24) is 5.32 Å². The Balaban J connectivity index is 1.77. The smallest absolute Gasteiger partial charge is 0.250 e. The molecule has 0 spiro atoms. The minimum absolute atomic E-state index is 0.371. The van der Waals surface area contributed by atoms with Crippen LogP contribution in [0.1, 0.15) is 49.7 Å². The molecule has 4 nitrogen and oxygen atoms in total. The number of carbonyl (C=O) groups is 1. The Morgan fingerprint density at radius 3 is 2.77 bits per heavy atom. The molecular weight excluding hydrogens is 276 g/mol. The van der Waals surface area contributed by atoms with Crippen molar-refractivity contribution < 1.29 is 9.90 Å². The van der Waals surface area contributed by atoms with Crippen molar-refractivity contribution in [3.8, 4) is 0 Å². The maximum absolute atomic E-state index is 12.0. The van der Waals surface area contributed by atoms with Crippen LogP contribution in [0.4, 0.5) is 0 Å². The van der Waals surface area contributed by atoms with Gasteiger partial charge < -0.3 is 16.2 Å². The number of benzene rings is 1. The lowest BCUT2D eigenvalue weighted by molar-refractivity contribution is -0.130. The summed E-state index contributed by atoms with van der Waals surface area (Å²) in [6.45, 7) is 2.44. The molecule has 0 heterocycles. The Hall–Kier alpha value is -1.39. The van der Waals surface area contributed by atoms with E-state index in [-0.39, 0.29) is 5.91 Å². The number of hydrogen-bond donors (Lipinski definition) is 3. The molecule has 4 heteroatoms. The van der Waals surface area contributed by atoms with Gasteiger partial charge in [-0.3, -0.25) is 4.79 Å². The highest BCUT2D eigenvalue weighted by Crippen LogP contribution is 2.27. The van der Waals surface area contributed by atoms with Crippen LogP contribution in [0.5, 0.6) is 0 Å². The average molecular weight is 304 g/mol. The van der Waals surface area contributed by atoms with Gasteiger partial charge in [0.25, 0.3) is 5.91 Å². The molecule has 1 aromatic carbocycles. The highest BCUT2D eigenvalue weighted by atomic mass is 16.3. The third-order valence-corrected chi connectivity index (χ3v) is 4.55. The lowest BCUT2D eigenvalue weighted by atomic mass is 9.84. The molecule has 0 radical (unpaired) electrons. The second-order valence-electron chi connectivity index (χ2n) is 6.56. The number of aliphatic hydroxyl groups is 1. The highest BCUT2D eigenvalue weighted by Gasteiger charge is 2.26. The van der Waals surface area contributed by atoms with E-state index in [9.17, 15) is 9.90 Å². The molecule has 0 bridgehead atoms. The van der Waals surface area contributed by atoms with E-state index in [1.165, 1.54) is 32.1 Å². The van der Waals surface area contributed by atoms with E-state index in [0.717, 1.165) is 17.5 Å². The molecule has 4 N–H and O–H groups in total. The third-order valence-electron chi connectivity index (χ3n) is 4.55. The molecular formula is C18H28N2O2. The first-order chi connectivity index (χ1) is 10.6. The van der Waals surface area contributed by atoms with E-state index in [2.05, 4.69) is 5.32 Å². The summed E-state index contributed by atoms with van der Waals surface area (Å²) < 4.78 is 0. The standard InChI is InChI=1S/C18H28N2O2/c1-13-6-5-9-15(10-13)12-20-18(22)17(21)16(19)11-14-7-3-2-4-8-14/h5-6,9-10,14,16-17,21H,2-4,7-8,11-12,19H2,1H3,(H,20,22)/t16-,17?/m1/s1. The first-order valence-electron chi connectivity index (χ1n) is 8.33. The summed E-state index contributed by atoms with van der Waals surface area (Å²) in [4.78, 5) is 12.0. The number of aryl methyl sites for hydroxylation is 1. The molecule has 1 unspecified atom stereocenters. The zero-order valence-electron chi connectivity index (χ0n) is 13.4. The second kappa shape index (κ2) is 8.30. The van der Waals surface area contributed by atoms with Crippen LogP contribution in [0.15, 0.2) is 24.3 Å². The van der Waals surface area contributed by atoms with Crippen molar-refractivity contribution in [3.63, 3.8) is 0 Å². The van der Waals surface area contributed by atoms with Gasteiger partial charge in [-0.2, -0.15) is 0 Å². The number of nitrogens with two attached hydrogens (primary N) is 1. The predicted molar refractivity (Wildman–Crippen MR) is 88.2 cm³/mol. The SMILES string of the molecule is Cc1cccc(CNC(=O)C(O)[C@H](N)CC2CCCCC2)c1. The van der Waals surface area contributed by atoms with E-state index in [0.29, 0.717) is 12.5 Å². The van der Waals surface area contributed by atoms with Crippen molar-refractivity contribution >= 4 is 5.91 Å². The van der Waals surface area contributed by atoms with Crippen LogP contribution in [0.2, 0.25) is 0 Å². The van der Waals surface area contributed by atoms with Gasteiger partial charge in [0.2, 0.25) is 0 Å². The number of aliphatic hydroxyl groups excluding tert-OH is 1. The summed E-state index contributed by atoms with van der Waals surface area (Å²) in [5, 5.41) is 12.9. The van der Waals surface area contributed by atoms with Crippen LogP contribution in [-0.4, -0.2) is 23.2 Å². The summed E-state index contributed by atoms with van der Waals surface area (Å²) >= 11 is 0. The van der Waals surface area contributed by atoms with E-state index >= 15 is 0 Å². The molecule has 1 aliphatic rings. The van der Waals surface area contributed by atoms with Crippen molar-refractivity contribution in [2.45, 2.75) is 64.1 Å². The fourth-order valence-electron chi connectivity index (χ4n) is 3.25. The van der Waals surface area contributed by atoms with E-state index in [4.69, 9.17) is 5.73 Å². The van der Waals surface area contributed by atoms with Gasteiger partial charge in [-0.15, -0.1) is 0 Å². The molecule has 122 valence electrons. The van der Waals surface area contributed by atoms with Crippen LogP contribution in [-0.2, 0) is 11.3 Å². The maximum atomic E-state index is 12.0. The fraction of sp³-hybridized carbons (Fsp3) is 0.611. The zero-order valence-corrected chi connectivity index (χ0v) is 13.4. The first-order valence-corrected chi connectivity index (χ1v) is 8.33. The molecule has 1 saturated carbocycles. The lowest BCUT2D eigenvalue weighted by Crippen LogP contribution is -2.47. The molecule has 1 amide bonds. The topological polar surface area (TPSA) is 75.3 Å². The van der Waals surface area contributed by atoms with E-state index in [1.807, 2.05) is 31.2 Å². The Labute approximate surface area is 133 Å². The predicted octanol–water partition coefficient (Wildman–Crippen LogP) is 2.27. The van der Waals surface area contributed by atoms with Crippen molar-refractivity contribution in [3.05, 3.63) is 35.4 Å². The summed E-state index contributed by atoms with van der Waals surface area (Å²) in [6.07, 6.45) is 5.74. The summed E-state index contributed by atoms with van der Waals surface area (Å²) in [5.41, 5.74) is 8.21. The monoisotopic (exact) mass is 304 g/mol. The molecule has 1 fully saturated rings. The normalized spacial score (nSPS) is 18.7. The largest absolute Gasteiger partial charge is 0.382 e. The maximum Gasteiger partial charge on any atom is 0.250 e. The van der Waals surface area contributed by atoms with Crippen molar-refractivity contribution in [2.75, 3.05) is 0 Å². The minimum atomic E-state index is -1.12. The van der Waals surface area contributed by atoms with Gasteiger partial charge >= 0.3 is 0 Å². The molecule has 1 aromatic rings. The van der Waals surface area contributed by atoms with Crippen LogP contribution in [0.25, 0.3) is 0 Å². The lowest BCUT2D eigenvalue weighted by Gasteiger charge is -2.26. The van der Waals surface area contributed by atoms with Crippen molar-refractivity contribution in [2.24, 2.45) is 11.7 Å². The Morgan fingerprint density at radius 1 is 1.36 bits per heavy atom. The van der Waals surface area contributed by atoms with Gasteiger partial charge in [-0.1, -0.05) is 61.9 Å². The van der Waals surface area contributed by atoms with Crippen LogP contribution < -0.4 is 11.1 Å². The Bertz CT molecular complexity index is 484. The molecule has 0 aromatic heterocycles. The fourth-order valence-corrected chi connectivity index (χ4v) is 3.25. The van der Waals surface area contributed by atoms with E-state index in [1.54, 1.807) is 0 Å². The molecule has 1 aliphatic carbocycles. The van der Waals surface area contributed by atoms with Gasteiger partial charge in [-0.05, 0) is 24.8 Å². The number of hydrogen-bond acceptors (Lipinski definition) is 3. The minimum Gasteiger partial charge on any atom is -0.382 e. The van der Waals surface area contributed by atoms with Gasteiger partial charge in [0.1, 0.15) is 6.10 Å². The zero-order chi connectivity index (χ0) is 15.9. The number of nitrogens with one attached hydrogen (secondary N) is 1. The molecule has 2 atom stereocenters. The highest BCUT2D eigenvalue weighted by molar-refractivity contribution is 5.81.